The number of hydrogen-bond donors (Lipinski definition) is 2. The van der Waals surface area contributed by atoms with Crippen molar-refractivity contribution in [2.45, 2.75) is 18.9 Å². The molecule has 0 saturated carbocycles. The van der Waals surface area contributed by atoms with E-state index in [1.807, 2.05) is 24.3 Å². The largest absolute Gasteiger partial charge is 0.361 e. The topological polar surface area (TPSA) is 27.3 Å². The smallest absolute Gasteiger partial charge is 0.170 e. The maximum atomic E-state index is 5.91. The van der Waals surface area contributed by atoms with E-state index in [4.69, 9.17) is 23.8 Å². The highest BCUT2D eigenvalue weighted by molar-refractivity contribution is 7.80. The summed E-state index contributed by atoms with van der Waals surface area (Å²) in [6.45, 7) is 3.10. The van der Waals surface area contributed by atoms with E-state index < -0.39 is 0 Å². The molecule has 1 heterocycles. The zero-order valence-corrected chi connectivity index (χ0v) is 15.1. The summed E-state index contributed by atoms with van der Waals surface area (Å²) in [5.74, 6) is 0. The lowest BCUT2D eigenvalue weighted by atomic mass is 10.1. The van der Waals surface area contributed by atoms with Crippen molar-refractivity contribution >= 4 is 34.6 Å². The van der Waals surface area contributed by atoms with Crippen LogP contribution >= 0.6 is 23.8 Å². The van der Waals surface area contributed by atoms with Crippen molar-refractivity contribution in [1.82, 2.24) is 10.2 Å². The first kappa shape index (κ1) is 17.2. The number of rotatable bonds is 5. The summed E-state index contributed by atoms with van der Waals surface area (Å²) in [5, 5.41) is 7.93. The Morgan fingerprint density at radius 1 is 1.04 bits per heavy atom. The summed E-state index contributed by atoms with van der Waals surface area (Å²) in [7, 11) is 0. The number of hydrogen-bond acceptors (Lipinski definition) is 2. The van der Waals surface area contributed by atoms with Gasteiger partial charge in [-0.2, -0.15) is 0 Å². The number of halogens is 1. The van der Waals surface area contributed by atoms with Crippen molar-refractivity contribution in [2.24, 2.45) is 0 Å². The Morgan fingerprint density at radius 2 is 1.71 bits per heavy atom. The Bertz CT molecular complexity index is 654. The van der Waals surface area contributed by atoms with Crippen molar-refractivity contribution in [1.29, 1.82) is 0 Å². The minimum absolute atomic E-state index is 0.346. The van der Waals surface area contributed by atoms with Crippen LogP contribution in [-0.4, -0.2) is 29.6 Å². The molecule has 2 aromatic rings. The van der Waals surface area contributed by atoms with Crippen LogP contribution in [0.4, 0.5) is 5.69 Å². The fraction of sp³-hybridized carbons (Fsp3) is 0.316. The maximum Gasteiger partial charge on any atom is 0.170 e. The average molecular weight is 360 g/mol. The molecule has 126 valence electrons. The van der Waals surface area contributed by atoms with Crippen LogP contribution in [-0.2, 0) is 0 Å². The molecule has 0 unspecified atom stereocenters. The zero-order valence-electron chi connectivity index (χ0n) is 13.5. The van der Waals surface area contributed by atoms with Crippen molar-refractivity contribution in [3.05, 3.63) is 65.2 Å². The number of nitrogens with one attached hydrogen (secondary N) is 2. The van der Waals surface area contributed by atoms with E-state index >= 15 is 0 Å². The Morgan fingerprint density at radius 3 is 2.38 bits per heavy atom. The number of thiocarbonyl (C=S) groups is 1. The fourth-order valence-electron chi connectivity index (χ4n) is 3.08. The van der Waals surface area contributed by atoms with Crippen molar-refractivity contribution in [3.8, 4) is 0 Å². The third-order valence-corrected chi connectivity index (χ3v) is 4.82. The molecule has 0 spiro atoms. The van der Waals surface area contributed by atoms with E-state index in [1.54, 1.807) is 0 Å². The highest BCUT2D eigenvalue weighted by Crippen LogP contribution is 2.24. The minimum atomic E-state index is 0.346. The van der Waals surface area contributed by atoms with Gasteiger partial charge < -0.3 is 10.6 Å². The predicted octanol–water partition coefficient (Wildman–Crippen LogP) is 4.46. The quantitative estimate of drug-likeness (QED) is 0.770. The molecule has 1 aliphatic heterocycles. The monoisotopic (exact) mass is 359 g/mol. The highest BCUT2D eigenvalue weighted by atomic mass is 35.5. The third kappa shape index (κ3) is 4.69. The van der Waals surface area contributed by atoms with E-state index in [2.05, 4.69) is 45.9 Å². The second-order valence-electron chi connectivity index (χ2n) is 6.01. The van der Waals surface area contributed by atoms with Crippen LogP contribution in [0.5, 0.6) is 0 Å². The van der Waals surface area contributed by atoms with Gasteiger partial charge in [-0.1, -0.05) is 41.9 Å². The number of anilines is 1. The summed E-state index contributed by atoms with van der Waals surface area (Å²) in [5.41, 5.74) is 2.27. The second-order valence-corrected chi connectivity index (χ2v) is 6.86. The molecule has 0 aromatic heterocycles. The second kappa shape index (κ2) is 8.47. The summed E-state index contributed by atoms with van der Waals surface area (Å²) < 4.78 is 0. The molecular weight excluding hydrogens is 338 g/mol. The van der Waals surface area contributed by atoms with Crippen LogP contribution < -0.4 is 10.6 Å². The van der Waals surface area contributed by atoms with Gasteiger partial charge in [-0.25, -0.2) is 0 Å². The summed E-state index contributed by atoms with van der Waals surface area (Å²) in [6.07, 6.45) is 2.55. The van der Waals surface area contributed by atoms with E-state index in [1.165, 1.54) is 18.4 Å². The molecule has 2 N–H and O–H groups in total. The molecule has 3 nitrogen and oxygen atoms in total. The first-order chi connectivity index (χ1) is 11.7. The molecule has 0 bridgehead atoms. The molecule has 24 heavy (non-hydrogen) atoms. The van der Waals surface area contributed by atoms with Gasteiger partial charge in [0.1, 0.15) is 0 Å². The molecule has 1 atom stereocenters. The van der Waals surface area contributed by atoms with Crippen LogP contribution in [0.3, 0.4) is 0 Å². The summed E-state index contributed by atoms with van der Waals surface area (Å²) in [4.78, 5) is 2.53. The molecule has 5 heteroatoms. The molecule has 0 radical (unpaired) electrons. The Balaban J connectivity index is 1.60. The lowest BCUT2D eigenvalue weighted by Crippen LogP contribution is -2.38. The van der Waals surface area contributed by atoms with E-state index in [9.17, 15) is 0 Å². The zero-order chi connectivity index (χ0) is 16.8. The molecule has 0 aliphatic carbocycles. The third-order valence-electron chi connectivity index (χ3n) is 4.32. The normalized spacial score (nSPS) is 15.9. The van der Waals surface area contributed by atoms with Crippen LogP contribution in [0.2, 0.25) is 5.02 Å². The molecule has 1 fully saturated rings. The first-order valence-electron chi connectivity index (χ1n) is 8.32. The molecule has 2 aromatic carbocycles. The Kier molecular flexibility index (Phi) is 6.07. The van der Waals surface area contributed by atoms with Gasteiger partial charge in [-0.15, -0.1) is 0 Å². The van der Waals surface area contributed by atoms with Gasteiger partial charge in [0, 0.05) is 17.3 Å². The van der Waals surface area contributed by atoms with Gasteiger partial charge in [0.2, 0.25) is 0 Å². The molecule has 0 amide bonds. The first-order valence-corrected chi connectivity index (χ1v) is 9.10. The highest BCUT2D eigenvalue weighted by Gasteiger charge is 2.23. The van der Waals surface area contributed by atoms with E-state index in [0.717, 1.165) is 30.3 Å². The Hall–Kier alpha value is -1.62. The van der Waals surface area contributed by atoms with Crippen LogP contribution in [0.15, 0.2) is 54.6 Å². The molecular formula is C19H22ClN3S. The van der Waals surface area contributed by atoms with Crippen LogP contribution in [0.1, 0.15) is 24.4 Å². The van der Waals surface area contributed by atoms with Crippen LogP contribution in [0, 0.1) is 0 Å². The summed E-state index contributed by atoms with van der Waals surface area (Å²) in [6, 6.07) is 18.5. The van der Waals surface area contributed by atoms with Gasteiger partial charge in [0.15, 0.2) is 5.11 Å². The van der Waals surface area contributed by atoms with Crippen LogP contribution in [0.25, 0.3) is 0 Å². The minimum Gasteiger partial charge on any atom is -0.361 e. The van der Waals surface area contributed by atoms with Crippen molar-refractivity contribution < 1.29 is 0 Å². The van der Waals surface area contributed by atoms with E-state index in [0.29, 0.717) is 11.2 Å². The van der Waals surface area contributed by atoms with Gasteiger partial charge in [0.05, 0.1) is 6.04 Å². The molecule has 1 saturated heterocycles. The summed E-state index contributed by atoms with van der Waals surface area (Å²) >= 11 is 11.3. The van der Waals surface area contributed by atoms with Gasteiger partial charge in [-0.3, -0.25) is 4.90 Å². The molecule has 3 rings (SSSR count). The molecule has 1 aliphatic rings. The number of nitrogens with zero attached hydrogens (tertiary/aromatic N) is 1. The maximum absolute atomic E-state index is 5.91. The number of benzene rings is 2. The lowest BCUT2D eigenvalue weighted by molar-refractivity contribution is 0.246. The number of likely N-dealkylation sites (tertiary alicyclic amines) is 1. The fourth-order valence-corrected chi connectivity index (χ4v) is 3.41. The van der Waals surface area contributed by atoms with Gasteiger partial charge in [0.25, 0.3) is 0 Å². The van der Waals surface area contributed by atoms with Gasteiger partial charge >= 0.3 is 0 Å². The predicted molar refractivity (Wildman–Crippen MR) is 106 cm³/mol. The van der Waals surface area contributed by atoms with E-state index in [-0.39, 0.29) is 0 Å². The van der Waals surface area contributed by atoms with Crippen molar-refractivity contribution in [3.63, 3.8) is 0 Å². The SMILES string of the molecule is S=C(NC[C@@H](c1ccccc1)N1CCCC1)Nc1ccc(Cl)cc1. The van der Waals surface area contributed by atoms with Gasteiger partial charge in [-0.05, 0) is 68.0 Å². The van der Waals surface area contributed by atoms with Crippen molar-refractivity contribution in [2.75, 3.05) is 25.0 Å². The standard InChI is InChI=1S/C19H22ClN3S/c20-16-8-10-17(11-9-16)22-19(24)21-14-18(23-12-4-5-13-23)15-6-2-1-3-7-15/h1-3,6-11,18H,4-5,12-14H2,(H2,21,22,24)/t18-/m0/s1. The lowest BCUT2D eigenvalue weighted by Gasteiger charge is -2.28. The average Bonchev–Trinajstić information content (AvgIpc) is 3.12. The Labute approximate surface area is 154 Å².